The van der Waals surface area contributed by atoms with Gasteiger partial charge in [0.1, 0.15) is 5.25 Å². The van der Waals surface area contributed by atoms with E-state index >= 15 is 0 Å². The molecule has 0 spiro atoms. The second kappa shape index (κ2) is 11.1. The summed E-state index contributed by atoms with van der Waals surface area (Å²) in [5.41, 5.74) is 6.21. The number of ether oxygens (including phenoxy) is 2. The lowest BCUT2D eigenvalue weighted by molar-refractivity contribution is -0.121. The van der Waals surface area contributed by atoms with Crippen LogP contribution in [0, 0.1) is 0 Å². The number of carbonyl (C=O) groups excluding carboxylic acids is 2. The summed E-state index contributed by atoms with van der Waals surface area (Å²) in [6, 6.07) is 23.9. The van der Waals surface area contributed by atoms with Crippen molar-refractivity contribution in [1.29, 1.82) is 0 Å². The average Bonchev–Trinajstić information content (AvgIpc) is 2.82. The van der Waals surface area contributed by atoms with E-state index in [-0.39, 0.29) is 5.91 Å². The minimum Gasteiger partial charge on any atom is -0.493 e. The van der Waals surface area contributed by atoms with E-state index in [9.17, 15) is 9.59 Å². The van der Waals surface area contributed by atoms with E-state index in [1.165, 1.54) is 18.9 Å². The molecule has 0 aliphatic heterocycles. The van der Waals surface area contributed by atoms with Gasteiger partial charge >= 0.3 is 0 Å². The molecular weight excluding hydrogens is 412 g/mol. The molecule has 0 aliphatic rings. The van der Waals surface area contributed by atoms with Crippen LogP contribution in [0.1, 0.15) is 28.1 Å². The Hall–Kier alpha value is -3.45. The molecule has 3 aromatic carbocycles. The summed E-state index contributed by atoms with van der Waals surface area (Å²) in [6.45, 7) is 2.35. The van der Waals surface area contributed by atoms with Crippen LogP contribution in [0.4, 0.5) is 0 Å². The smallest absolute Gasteiger partial charge is 0.269 e. The highest BCUT2D eigenvalue weighted by molar-refractivity contribution is 8.00. The molecule has 7 heteroatoms. The van der Waals surface area contributed by atoms with E-state index < -0.39 is 11.2 Å². The van der Waals surface area contributed by atoms with Crippen LogP contribution in [0.5, 0.6) is 11.5 Å². The molecule has 0 saturated heterocycles. The minimum atomic E-state index is -0.529. The molecule has 0 fully saturated rings. The lowest BCUT2D eigenvalue weighted by Gasteiger charge is -2.17. The maximum Gasteiger partial charge on any atom is 0.269 e. The molecule has 3 rings (SSSR count). The van der Waals surface area contributed by atoms with Crippen molar-refractivity contribution in [2.45, 2.75) is 17.1 Å². The van der Waals surface area contributed by atoms with Gasteiger partial charge in [-0.15, -0.1) is 11.8 Å². The summed E-state index contributed by atoms with van der Waals surface area (Å²) in [5.74, 6) is 0.217. The van der Waals surface area contributed by atoms with Gasteiger partial charge in [0.05, 0.1) is 13.7 Å². The number of hydrazine groups is 1. The van der Waals surface area contributed by atoms with Gasteiger partial charge < -0.3 is 9.47 Å². The van der Waals surface area contributed by atoms with E-state index in [0.717, 1.165) is 10.5 Å². The Bertz CT molecular complexity index is 1010. The standard InChI is InChI=1S/C24H24N2O4S/c1-3-30-20-15-14-18(16-21(20)29-2)23(27)25-26-24(28)22(17-10-6-4-7-11-17)31-19-12-8-5-9-13-19/h4-16,22H,3H2,1-2H3,(H,25,27)(H,26,28). The van der Waals surface area contributed by atoms with Crippen LogP contribution in [0.25, 0.3) is 0 Å². The predicted molar refractivity (Wildman–Crippen MR) is 121 cm³/mol. The molecule has 0 aliphatic carbocycles. The molecular formula is C24H24N2O4S. The lowest BCUT2D eigenvalue weighted by Crippen LogP contribution is -2.43. The van der Waals surface area contributed by atoms with Crippen molar-refractivity contribution in [3.8, 4) is 11.5 Å². The summed E-state index contributed by atoms with van der Waals surface area (Å²) in [5, 5.41) is -0.529. The Morgan fingerprint density at radius 1 is 0.903 bits per heavy atom. The molecule has 3 aromatic rings. The molecule has 1 unspecified atom stereocenters. The zero-order valence-corrected chi connectivity index (χ0v) is 18.1. The number of thioether (sulfide) groups is 1. The fourth-order valence-electron chi connectivity index (χ4n) is 2.88. The first kappa shape index (κ1) is 22.2. The Kier molecular flexibility index (Phi) is 7.95. The topological polar surface area (TPSA) is 76.7 Å². The summed E-state index contributed by atoms with van der Waals surface area (Å²) < 4.78 is 10.7. The van der Waals surface area contributed by atoms with E-state index in [2.05, 4.69) is 10.9 Å². The first-order valence-electron chi connectivity index (χ1n) is 9.80. The number of hydrogen-bond donors (Lipinski definition) is 2. The number of rotatable bonds is 8. The van der Waals surface area contributed by atoms with Gasteiger partial charge in [-0.05, 0) is 42.8 Å². The Morgan fingerprint density at radius 3 is 2.23 bits per heavy atom. The second-order valence-electron chi connectivity index (χ2n) is 6.46. The van der Waals surface area contributed by atoms with Crippen molar-refractivity contribution < 1.29 is 19.1 Å². The van der Waals surface area contributed by atoms with Gasteiger partial charge in [-0.25, -0.2) is 0 Å². The molecule has 31 heavy (non-hydrogen) atoms. The zero-order chi connectivity index (χ0) is 22.1. The van der Waals surface area contributed by atoms with Gasteiger partial charge in [0.25, 0.3) is 11.8 Å². The van der Waals surface area contributed by atoms with Gasteiger partial charge in [0.15, 0.2) is 11.5 Å². The highest BCUT2D eigenvalue weighted by Crippen LogP contribution is 2.35. The molecule has 2 amide bonds. The van der Waals surface area contributed by atoms with Crippen LogP contribution in [0.3, 0.4) is 0 Å². The van der Waals surface area contributed by atoms with Gasteiger partial charge in [0, 0.05) is 10.5 Å². The maximum absolute atomic E-state index is 13.0. The van der Waals surface area contributed by atoms with Crippen molar-refractivity contribution in [3.63, 3.8) is 0 Å². The fourth-order valence-corrected chi connectivity index (χ4v) is 3.92. The van der Waals surface area contributed by atoms with Crippen molar-refractivity contribution in [2.24, 2.45) is 0 Å². The predicted octanol–water partition coefficient (Wildman–Crippen LogP) is 4.39. The van der Waals surface area contributed by atoms with Crippen molar-refractivity contribution in [3.05, 3.63) is 90.0 Å². The third kappa shape index (κ3) is 6.02. The van der Waals surface area contributed by atoms with E-state index in [1.54, 1.807) is 18.2 Å². The Morgan fingerprint density at radius 2 is 1.58 bits per heavy atom. The van der Waals surface area contributed by atoms with Crippen LogP contribution in [0.2, 0.25) is 0 Å². The van der Waals surface area contributed by atoms with Crippen molar-refractivity contribution >= 4 is 23.6 Å². The minimum absolute atomic E-state index is 0.327. The van der Waals surface area contributed by atoms with Gasteiger partial charge in [-0.1, -0.05) is 48.5 Å². The lowest BCUT2D eigenvalue weighted by atomic mass is 10.1. The number of carbonyl (C=O) groups is 2. The number of amides is 2. The zero-order valence-electron chi connectivity index (χ0n) is 17.3. The number of methoxy groups -OCH3 is 1. The third-order valence-electron chi connectivity index (χ3n) is 4.36. The number of nitrogens with one attached hydrogen (secondary N) is 2. The van der Waals surface area contributed by atoms with Gasteiger partial charge in [-0.2, -0.15) is 0 Å². The van der Waals surface area contributed by atoms with Crippen LogP contribution in [-0.4, -0.2) is 25.5 Å². The molecule has 160 valence electrons. The summed E-state index contributed by atoms with van der Waals surface area (Å²) in [6.07, 6.45) is 0. The molecule has 0 bridgehead atoms. The van der Waals surface area contributed by atoms with Crippen molar-refractivity contribution in [2.75, 3.05) is 13.7 Å². The van der Waals surface area contributed by atoms with Crippen LogP contribution >= 0.6 is 11.8 Å². The van der Waals surface area contributed by atoms with E-state index in [0.29, 0.717) is 23.7 Å². The molecule has 0 radical (unpaired) electrons. The first-order chi connectivity index (χ1) is 15.1. The highest BCUT2D eigenvalue weighted by Gasteiger charge is 2.23. The average molecular weight is 437 g/mol. The Balaban J connectivity index is 1.71. The van der Waals surface area contributed by atoms with Gasteiger partial charge in [0.2, 0.25) is 0 Å². The van der Waals surface area contributed by atoms with Crippen LogP contribution in [0.15, 0.2) is 83.8 Å². The molecule has 2 N–H and O–H groups in total. The Labute approximate surface area is 185 Å². The van der Waals surface area contributed by atoms with E-state index in [1.807, 2.05) is 67.6 Å². The number of hydrogen-bond acceptors (Lipinski definition) is 5. The molecule has 0 saturated carbocycles. The molecule has 0 aromatic heterocycles. The van der Waals surface area contributed by atoms with E-state index in [4.69, 9.17) is 9.47 Å². The maximum atomic E-state index is 13.0. The molecule has 6 nitrogen and oxygen atoms in total. The fraction of sp³-hybridized carbons (Fsp3) is 0.167. The first-order valence-corrected chi connectivity index (χ1v) is 10.7. The van der Waals surface area contributed by atoms with Gasteiger partial charge in [-0.3, -0.25) is 20.4 Å². The monoisotopic (exact) mass is 436 g/mol. The largest absolute Gasteiger partial charge is 0.493 e. The SMILES string of the molecule is CCOc1ccc(C(=O)NNC(=O)C(Sc2ccccc2)c2ccccc2)cc1OC. The van der Waals surface area contributed by atoms with Crippen LogP contribution in [-0.2, 0) is 4.79 Å². The quantitative estimate of drug-likeness (QED) is 0.405. The molecule has 0 heterocycles. The second-order valence-corrected chi connectivity index (χ2v) is 7.64. The van der Waals surface area contributed by atoms with Crippen molar-refractivity contribution in [1.82, 2.24) is 10.9 Å². The normalized spacial score (nSPS) is 11.3. The van der Waals surface area contributed by atoms with Crippen LogP contribution < -0.4 is 20.3 Å². The summed E-state index contributed by atoms with van der Waals surface area (Å²) >= 11 is 1.41. The highest BCUT2D eigenvalue weighted by atomic mass is 32.2. The summed E-state index contributed by atoms with van der Waals surface area (Å²) in [4.78, 5) is 26.5. The molecule has 1 atom stereocenters. The number of benzene rings is 3. The summed E-state index contributed by atoms with van der Waals surface area (Å²) in [7, 11) is 1.51. The third-order valence-corrected chi connectivity index (χ3v) is 5.63.